The van der Waals surface area contributed by atoms with E-state index >= 15 is 0 Å². The summed E-state index contributed by atoms with van der Waals surface area (Å²) in [6.07, 6.45) is 3.21. The van der Waals surface area contributed by atoms with Crippen LogP contribution in [0.2, 0.25) is 0 Å². The second-order valence-electron chi connectivity index (χ2n) is 4.27. The number of benzene rings is 2. The van der Waals surface area contributed by atoms with Crippen LogP contribution in [0.1, 0.15) is 16.7 Å². The van der Waals surface area contributed by atoms with Gasteiger partial charge in [-0.15, -0.1) is 0 Å². The maximum Gasteiger partial charge on any atom is 0.127 e. The second kappa shape index (κ2) is 6.42. The summed E-state index contributed by atoms with van der Waals surface area (Å²) >= 11 is 0. The molecular weight excluding hydrogens is 234 g/mol. The molecule has 0 bridgehead atoms. The minimum Gasteiger partial charge on any atom is -0.488 e. The summed E-state index contributed by atoms with van der Waals surface area (Å²) in [5.41, 5.74) is 3.28. The maximum atomic E-state index is 8.57. The molecule has 0 amide bonds. The van der Waals surface area contributed by atoms with Gasteiger partial charge in [0, 0.05) is 11.6 Å². The van der Waals surface area contributed by atoms with Gasteiger partial charge in [0.25, 0.3) is 0 Å². The van der Waals surface area contributed by atoms with E-state index in [1.54, 1.807) is 6.08 Å². The lowest BCUT2D eigenvalue weighted by atomic mass is 10.1. The maximum absolute atomic E-state index is 8.57. The molecule has 0 aromatic heterocycles. The number of para-hydroxylation sites is 1. The van der Waals surface area contributed by atoms with E-state index in [-0.39, 0.29) is 0 Å². The van der Waals surface area contributed by atoms with Gasteiger partial charge in [0.05, 0.1) is 6.07 Å². The third-order valence-electron chi connectivity index (χ3n) is 2.77. The zero-order valence-electron chi connectivity index (χ0n) is 10.8. The van der Waals surface area contributed by atoms with Gasteiger partial charge >= 0.3 is 0 Å². The van der Waals surface area contributed by atoms with Crippen molar-refractivity contribution < 1.29 is 4.74 Å². The van der Waals surface area contributed by atoms with Gasteiger partial charge in [0.2, 0.25) is 0 Å². The van der Waals surface area contributed by atoms with Gasteiger partial charge in [0.1, 0.15) is 12.4 Å². The molecule has 2 aromatic rings. The molecule has 0 saturated heterocycles. The van der Waals surface area contributed by atoms with Crippen LogP contribution >= 0.6 is 0 Å². The third-order valence-corrected chi connectivity index (χ3v) is 2.77. The summed E-state index contributed by atoms with van der Waals surface area (Å²) in [4.78, 5) is 0. The summed E-state index contributed by atoms with van der Waals surface area (Å²) in [5.74, 6) is 0.787. The molecule has 2 nitrogen and oxygen atoms in total. The molecule has 0 atom stereocenters. The Morgan fingerprint density at radius 2 is 1.84 bits per heavy atom. The van der Waals surface area contributed by atoms with Crippen LogP contribution in [0.5, 0.6) is 5.75 Å². The predicted molar refractivity (Wildman–Crippen MR) is 76.6 cm³/mol. The van der Waals surface area contributed by atoms with Crippen LogP contribution in [0.3, 0.4) is 0 Å². The predicted octanol–water partition coefficient (Wildman–Crippen LogP) is 4.11. The monoisotopic (exact) mass is 249 g/mol. The lowest BCUT2D eigenvalue weighted by molar-refractivity contribution is 0.305. The zero-order chi connectivity index (χ0) is 13.5. The first-order chi connectivity index (χ1) is 9.29. The fraction of sp³-hybridized carbons (Fsp3) is 0.118. The molecule has 0 aliphatic carbocycles. The molecule has 94 valence electrons. The second-order valence-corrected chi connectivity index (χ2v) is 4.27. The Hall–Kier alpha value is -2.53. The van der Waals surface area contributed by atoms with Crippen LogP contribution in [0.25, 0.3) is 6.08 Å². The molecule has 2 heteroatoms. The Labute approximate surface area is 113 Å². The van der Waals surface area contributed by atoms with E-state index in [4.69, 9.17) is 10.00 Å². The highest BCUT2D eigenvalue weighted by Gasteiger charge is 2.00. The largest absolute Gasteiger partial charge is 0.488 e. The van der Waals surface area contributed by atoms with Crippen molar-refractivity contribution in [1.82, 2.24) is 0 Å². The molecule has 0 aliphatic heterocycles. The highest BCUT2D eigenvalue weighted by molar-refractivity contribution is 5.58. The van der Waals surface area contributed by atoms with Crippen molar-refractivity contribution in [3.63, 3.8) is 0 Å². The van der Waals surface area contributed by atoms with Crippen LogP contribution in [0, 0.1) is 18.3 Å². The number of rotatable bonds is 4. The van der Waals surface area contributed by atoms with Crippen LogP contribution in [0.4, 0.5) is 0 Å². The van der Waals surface area contributed by atoms with Gasteiger partial charge in [-0.2, -0.15) is 5.26 Å². The highest BCUT2D eigenvalue weighted by atomic mass is 16.5. The van der Waals surface area contributed by atoms with E-state index in [9.17, 15) is 0 Å². The lowest BCUT2D eigenvalue weighted by Gasteiger charge is -2.09. The van der Waals surface area contributed by atoms with Crippen molar-refractivity contribution in [3.05, 3.63) is 71.3 Å². The Morgan fingerprint density at radius 3 is 2.58 bits per heavy atom. The van der Waals surface area contributed by atoms with Gasteiger partial charge in [-0.05, 0) is 24.6 Å². The van der Waals surface area contributed by atoms with Crippen LogP contribution in [-0.4, -0.2) is 0 Å². The minimum atomic E-state index is 0.525. The SMILES string of the molecule is Cc1ccc(COc2ccccc2/C=C/C#N)cc1. The summed E-state index contributed by atoms with van der Waals surface area (Å²) in [7, 11) is 0. The normalized spacial score (nSPS) is 10.3. The topological polar surface area (TPSA) is 33.0 Å². The first-order valence-corrected chi connectivity index (χ1v) is 6.13. The van der Waals surface area contributed by atoms with E-state index in [1.165, 1.54) is 11.6 Å². The van der Waals surface area contributed by atoms with Crippen LogP contribution in [-0.2, 0) is 6.61 Å². The average molecular weight is 249 g/mol. The van der Waals surface area contributed by atoms with Crippen LogP contribution < -0.4 is 4.74 Å². The molecule has 2 rings (SSSR count). The Balaban J connectivity index is 2.09. The highest BCUT2D eigenvalue weighted by Crippen LogP contribution is 2.20. The van der Waals surface area contributed by atoms with Gasteiger partial charge in [-0.3, -0.25) is 0 Å². The van der Waals surface area contributed by atoms with Crippen molar-refractivity contribution >= 4 is 6.08 Å². The van der Waals surface area contributed by atoms with E-state index in [0.717, 1.165) is 16.9 Å². The van der Waals surface area contributed by atoms with Gasteiger partial charge in [-0.1, -0.05) is 48.0 Å². The lowest BCUT2D eigenvalue weighted by Crippen LogP contribution is -1.96. The van der Waals surface area contributed by atoms with Crippen molar-refractivity contribution in [2.45, 2.75) is 13.5 Å². The number of hydrogen-bond acceptors (Lipinski definition) is 2. The van der Waals surface area contributed by atoms with E-state index < -0.39 is 0 Å². The number of ether oxygens (including phenoxy) is 1. The molecule has 0 N–H and O–H groups in total. The molecule has 2 aromatic carbocycles. The van der Waals surface area contributed by atoms with E-state index in [0.29, 0.717) is 6.61 Å². The quantitative estimate of drug-likeness (QED) is 0.764. The standard InChI is InChI=1S/C17H15NO/c1-14-8-10-15(11-9-14)13-19-17-7-3-2-5-16(17)6-4-12-18/h2-11H,13H2,1H3/b6-4+. The number of hydrogen-bond donors (Lipinski definition) is 0. The Bertz CT molecular complexity index is 606. The fourth-order valence-corrected chi connectivity index (χ4v) is 1.72. The molecule has 0 aliphatic rings. The summed E-state index contributed by atoms with van der Waals surface area (Å²) < 4.78 is 5.80. The number of allylic oxidation sites excluding steroid dienone is 1. The summed E-state index contributed by atoms with van der Waals surface area (Å²) in [5, 5.41) is 8.57. The summed E-state index contributed by atoms with van der Waals surface area (Å²) in [6, 6.07) is 17.9. The minimum absolute atomic E-state index is 0.525. The smallest absolute Gasteiger partial charge is 0.127 e. The average Bonchev–Trinajstić information content (AvgIpc) is 2.45. The Kier molecular flexibility index (Phi) is 4.36. The summed E-state index contributed by atoms with van der Waals surface area (Å²) in [6.45, 7) is 2.59. The molecule has 0 spiro atoms. The first-order valence-electron chi connectivity index (χ1n) is 6.13. The Morgan fingerprint density at radius 1 is 1.11 bits per heavy atom. The fourth-order valence-electron chi connectivity index (χ4n) is 1.72. The van der Waals surface area contributed by atoms with Gasteiger partial charge in [-0.25, -0.2) is 0 Å². The van der Waals surface area contributed by atoms with Gasteiger partial charge < -0.3 is 4.74 Å². The van der Waals surface area contributed by atoms with E-state index in [1.807, 2.05) is 30.3 Å². The molecule has 0 saturated carbocycles. The van der Waals surface area contributed by atoms with Crippen molar-refractivity contribution in [3.8, 4) is 11.8 Å². The third kappa shape index (κ3) is 3.72. The molecule has 0 fully saturated rings. The van der Waals surface area contributed by atoms with Gasteiger partial charge in [0.15, 0.2) is 0 Å². The van der Waals surface area contributed by atoms with Crippen LogP contribution in [0.15, 0.2) is 54.6 Å². The van der Waals surface area contributed by atoms with Crippen molar-refractivity contribution in [2.24, 2.45) is 0 Å². The zero-order valence-corrected chi connectivity index (χ0v) is 10.8. The molecular formula is C17H15NO. The first kappa shape index (κ1) is 12.9. The van der Waals surface area contributed by atoms with Crippen molar-refractivity contribution in [2.75, 3.05) is 0 Å². The number of nitriles is 1. The number of aryl methyl sites for hydroxylation is 1. The molecule has 0 unspecified atom stereocenters. The molecule has 0 radical (unpaired) electrons. The van der Waals surface area contributed by atoms with Crippen molar-refractivity contribution in [1.29, 1.82) is 5.26 Å². The molecule has 19 heavy (non-hydrogen) atoms. The molecule has 0 heterocycles. The van der Waals surface area contributed by atoms with E-state index in [2.05, 4.69) is 31.2 Å². The number of nitrogens with zero attached hydrogens (tertiary/aromatic N) is 1.